The smallest absolute Gasteiger partial charge is 0.379 e. The van der Waals surface area contributed by atoms with Crippen LogP contribution in [0.2, 0.25) is 0 Å². The molecule has 0 radical (unpaired) electrons. The van der Waals surface area contributed by atoms with Crippen LogP contribution >= 0.6 is 15.9 Å². The predicted molar refractivity (Wildman–Crippen MR) is 74.8 cm³/mol. The van der Waals surface area contributed by atoms with Gasteiger partial charge in [0.25, 0.3) is 5.78 Å². The van der Waals surface area contributed by atoms with E-state index in [2.05, 4.69) is 20.7 Å². The molecule has 0 unspecified atom stereocenters. The van der Waals surface area contributed by atoms with Crippen LogP contribution in [-0.2, 0) is 19.4 Å². The Morgan fingerprint density at radius 1 is 1.30 bits per heavy atom. The Hall–Kier alpha value is -1.41. The summed E-state index contributed by atoms with van der Waals surface area (Å²) in [4.78, 5) is 23.1. The highest BCUT2D eigenvalue weighted by molar-refractivity contribution is 9.10. The number of hydrogen-bond donors (Lipinski definition) is 0. The van der Waals surface area contributed by atoms with Crippen molar-refractivity contribution in [2.75, 3.05) is 20.0 Å². The topological polar surface area (TPSA) is 86.7 Å². The van der Waals surface area contributed by atoms with E-state index in [-0.39, 0.29) is 27.3 Å². The standard InChI is InChI=1S/C12H13BrO6S/c1-4-19-12(15)10(14)7-5-8(13)11(18-2)9(6-7)20(3,16)17/h5-6H,4H2,1-3H3. The van der Waals surface area contributed by atoms with E-state index in [9.17, 15) is 18.0 Å². The number of carbonyl (C=O) groups is 2. The molecule has 0 amide bonds. The molecule has 8 heteroatoms. The highest BCUT2D eigenvalue weighted by Gasteiger charge is 2.24. The number of hydrogen-bond acceptors (Lipinski definition) is 6. The van der Waals surface area contributed by atoms with E-state index in [0.717, 1.165) is 12.3 Å². The van der Waals surface area contributed by atoms with Crippen LogP contribution in [0.3, 0.4) is 0 Å². The van der Waals surface area contributed by atoms with Crippen LogP contribution in [-0.4, -0.2) is 40.1 Å². The number of carbonyl (C=O) groups excluding carboxylic acids is 2. The zero-order chi connectivity index (χ0) is 15.5. The summed E-state index contributed by atoms with van der Waals surface area (Å²) in [5.41, 5.74) is -0.0865. The molecule has 0 N–H and O–H groups in total. The maximum atomic E-state index is 11.8. The first-order valence-electron chi connectivity index (χ1n) is 5.51. The average Bonchev–Trinajstić information content (AvgIpc) is 2.36. The van der Waals surface area contributed by atoms with E-state index >= 15 is 0 Å². The maximum absolute atomic E-state index is 11.8. The third kappa shape index (κ3) is 3.57. The summed E-state index contributed by atoms with van der Waals surface area (Å²) in [6.07, 6.45) is 0.982. The Balaban J connectivity index is 3.43. The number of benzene rings is 1. The van der Waals surface area contributed by atoms with Crippen LogP contribution in [0.1, 0.15) is 17.3 Å². The molecule has 0 saturated heterocycles. The minimum absolute atomic E-state index is 0.0564. The SMILES string of the molecule is CCOC(=O)C(=O)c1cc(Br)c(OC)c(S(C)(=O)=O)c1. The van der Waals surface area contributed by atoms with Gasteiger partial charge in [0.1, 0.15) is 4.90 Å². The van der Waals surface area contributed by atoms with E-state index in [1.54, 1.807) is 6.92 Å². The van der Waals surface area contributed by atoms with Gasteiger partial charge in [0, 0.05) is 11.8 Å². The highest BCUT2D eigenvalue weighted by Crippen LogP contribution is 2.33. The minimum atomic E-state index is -3.62. The molecule has 0 aliphatic heterocycles. The molecule has 0 aliphatic rings. The van der Waals surface area contributed by atoms with Gasteiger partial charge in [-0.25, -0.2) is 13.2 Å². The number of ether oxygens (including phenoxy) is 2. The maximum Gasteiger partial charge on any atom is 0.379 e. The van der Waals surface area contributed by atoms with Crippen LogP contribution in [0.15, 0.2) is 21.5 Å². The first-order chi connectivity index (χ1) is 9.22. The van der Waals surface area contributed by atoms with Crippen LogP contribution in [0.4, 0.5) is 0 Å². The monoisotopic (exact) mass is 364 g/mol. The fourth-order valence-corrected chi connectivity index (χ4v) is 3.11. The van der Waals surface area contributed by atoms with Crippen molar-refractivity contribution >= 4 is 37.5 Å². The molecular formula is C12H13BrO6S. The van der Waals surface area contributed by atoms with E-state index in [1.165, 1.54) is 13.2 Å². The molecular weight excluding hydrogens is 352 g/mol. The summed E-state index contributed by atoms with van der Waals surface area (Å²) in [6, 6.07) is 2.41. The van der Waals surface area contributed by atoms with E-state index in [4.69, 9.17) is 4.74 Å². The number of ketones is 1. The first-order valence-corrected chi connectivity index (χ1v) is 8.19. The van der Waals surface area contributed by atoms with Crippen LogP contribution < -0.4 is 4.74 Å². The lowest BCUT2D eigenvalue weighted by Crippen LogP contribution is -2.18. The number of halogens is 1. The second kappa shape index (κ2) is 6.36. The molecule has 0 aromatic heterocycles. The van der Waals surface area contributed by atoms with Crippen LogP contribution in [0, 0.1) is 0 Å². The first kappa shape index (κ1) is 16.6. The Bertz CT molecular complexity index is 650. The van der Waals surface area contributed by atoms with Gasteiger partial charge in [0.2, 0.25) is 0 Å². The van der Waals surface area contributed by atoms with Gasteiger partial charge in [-0.05, 0) is 35.0 Å². The molecule has 1 rings (SSSR count). The molecule has 0 bridgehead atoms. The zero-order valence-corrected chi connectivity index (χ0v) is 13.5. The van der Waals surface area contributed by atoms with Gasteiger partial charge in [-0.1, -0.05) is 0 Å². The van der Waals surface area contributed by atoms with Gasteiger partial charge >= 0.3 is 5.97 Å². The van der Waals surface area contributed by atoms with Gasteiger partial charge in [0.15, 0.2) is 15.6 Å². The van der Waals surface area contributed by atoms with Crippen molar-refractivity contribution in [3.05, 3.63) is 22.2 Å². The quantitative estimate of drug-likeness (QED) is 0.448. The molecule has 0 atom stereocenters. The second-order valence-corrected chi connectivity index (χ2v) is 6.65. The Labute approximate surface area is 125 Å². The number of methoxy groups -OCH3 is 1. The van der Waals surface area contributed by atoms with Gasteiger partial charge in [-0.2, -0.15) is 0 Å². The lowest BCUT2D eigenvalue weighted by Gasteiger charge is -2.11. The van der Waals surface area contributed by atoms with Crippen molar-refractivity contribution in [3.63, 3.8) is 0 Å². The molecule has 0 spiro atoms. The van der Waals surface area contributed by atoms with E-state index in [0.29, 0.717) is 0 Å². The van der Waals surface area contributed by atoms with Gasteiger partial charge in [0.05, 0.1) is 18.2 Å². The fourth-order valence-electron chi connectivity index (χ4n) is 1.49. The van der Waals surface area contributed by atoms with E-state index in [1.807, 2.05) is 0 Å². The average molecular weight is 365 g/mol. The third-order valence-corrected chi connectivity index (χ3v) is 4.03. The van der Waals surface area contributed by atoms with Crippen molar-refractivity contribution in [2.24, 2.45) is 0 Å². The van der Waals surface area contributed by atoms with Gasteiger partial charge < -0.3 is 9.47 Å². The Kier molecular flexibility index (Phi) is 5.29. The van der Waals surface area contributed by atoms with Crippen molar-refractivity contribution in [2.45, 2.75) is 11.8 Å². The third-order valence-electron chi connectivity index (χ3n) is 2.34. The molecule has 1 aromatic carbocycles. The van der Waals surface area contributed by atoms with Crippen molar-refractivity contribution in [1.82, 2.24) is 0 Å². The van der Waals surface area contributed by atoms with Gasteiger partial charge in [-0.15, -0.1) is 0 Å². The molecule has 6 nitrogen and oxygen atoms in total. The summed E-state index contributed by atoms with van der Waals surface area (Å²) >= 11 is 3.11. The zero-order valence-electron chi connectivity index (χ0n) is 11.1. The normalized spacial score (nSPS) is 11.0. The molecule has 20 heavy (non-hydrogen) atoms. The molecule has 1 aromatic rings. The number of esters is 1. The highest BCUT2D eigenvalue weighted by atomic mass is 79.9. The molecule has 0 aliphatic carbocycles. The number of rotatable bonds is 5. The predicted octanol–water partition coefficient (Wildman–Crippen LogP) is 1.61. The van der Waals surface area contributed by atoms with Crippen LogP contribution in [0.25, 0.3) is 0 Å². The van der Waals surface area contributed by atoms with Gasteiger partial charge in [-0.3, -0.25) is 4.79 Å². The second-order valence-electron chi connectivity index (χ2n) is 3.81. The molecule has 0 fully saturated rings. The largest absolute Gasteiger partial charge is 0.494 e. The summed E-state index contributed by atoms with van der Waals surface area (Å²) in [6.45, 7) is 1.62. The minimum Gasteiger partial charge on any atom is -0.494 e. The van der Waals surface area contributed by atoms with E-state index < -0.39 is 21.6 Å². The van der Waals surface area contributed by atoms with Crippen LogP contribution in [0.5, 0.6) is 5.75 Å². The molecule has 0 saturated carbocycles. The number of sulfone groups is 1. The summed E-state index contributed by atoms with van der Waals surface area (Å²) in [5.74, 6) is -1.88. The Morgan fingerprint density at radius 2 is 1.90 bits per heavy atom. The summed E-state index contributed by atoms with van der Waals surface area (Å²) < 4.78 is 33.3. The van der Waals surface area contributed by atoms with Crippen molar-refractivity contribution < 1.29 is 27.5 Å². The van der Waals surface area contributed by atoms with Crippen molar-refractivity contribution in [1.29, 1.82) is 0 Å². The lowest BCUT2D eigenvalue weighted by atomic mass is 10.1. The van der Waals surface area contributed by atoms with Crippen molar-refractivity contribution in [3.8, 4) is 5.75 Å². The number of Topliss-reactive ketones (excluding diaryl/α,β-unsaturated/α-hetero) is 1. The fraction of sp³-hybridized carbons (Fsp3) is 0.333. The Morgan fingerprint density at radius 3 is 2.35 bits per heavy atom. The summed E-state index contributed by atoms with van der Waals surface area (Å²) in [5, 5.41) is 0. The summed E-state index contributed by atoms with van der Waals surface area (Å²) in [7, 11) is -2.31. The molecule has 110 valence electrons. The molecule has 0 heterocycles. The lowest BCUT2D eigenvalue weighted by molar-refractivity contribution is -0.137.